The van der Waals surface area contributed by atoms with Gasteiger partial charge in [0, 0.05) is 29.8 Å². The molecule has 3 N–H and O–H groups in total. The highest BCUT2D eigenvalue weighted by Crippen LogP contribution is 2.37. The average Bonchev–Trinajstić information content (AvgIpc) is 3.10. The minimum absolute atomic E-state index is 0.519. The third kappa shape index (κ3) is 1.87. The van der Waals surface area contributed by atoms with Gasteiger partial charge in [-0.2, -0.15) is 0 Å². The smallest absolute Gasteiger partial charge is 0.124 e. The van der Waals surface area contributed by atoms with Gasteiger partial charge in [-0.15, -0.1) is 0 Å². The molecule has 1 aromatic carbocycles. The highest BCUT2D eigenvalue weighted by atomic mass is 16.5. The molecule has 16 heavy (non-hydrogen) atoms. The third-order valence-corrected chi connectivity index (χ3v) is 3.46. The zero-order valence-electron chi connectivity index (χ0n) is 9.41. The van der Waals surface area contributed by atoms with Crippen molar-refractivity contribution in [1.82, 2.24) is 5.32 Å². The van der Waals surface area contributed by atoms with E-state index in [2.05, 4.69) is 5.32 Å². The van der Waals surface area contributed by atoms with E-state index in [9.17, 15) is 0 Å². The second-order valence-electron chi connectivity index (χ2n) is 4.78. The Hall–Kier alpha value is -1.22. The van der Waals surface area contributed by atoms with Gasteiger partial charge in [0.1, 0.15) is 5.75 Å². The number of nitrogens with one attached hydrogen (secondary N) is 1. The van der Waals surface area contributed by atoms with Crippen LogP contribution < -0.4 is 15.8 Å². The van der Waals surface area contributed by atoms with Crippen molar-refractivity contribution in [3.05, 3.63) is 23.8 Å². The lowest BCUT2D eigenvalue weighted by molar-refractivity contribution is 0.265. The topological polar surface area (TPSA) is 47.3 Å². The van der Waals surface area contributed by atoms with Crippen molar-refractivity contribution >= 4 is 5.69 Å². The van der Waals surface area contributed by atoms with Gasteiger partial charge in [0.25, 0.3) is 0 Å². The van der Waals surface area contributed by atoms with E-state index in [1.807, 2.05) is 18.2 Å². The summed E-state index contributed by atoms with van der Waals surface area (Å²) in [5.41, 5.74) is 8.13. The molecule has 1 saturated carbocycles. The van der Waals surface area contributed by atoms with Crippen LogP contribution in [0.25, 0.3) is 0 Å². The Morgan fingerprint density at radius 2 is 2.19 bits per heavy atom. The number of fused-ring (bicyclic) bond motifs is 1. The summed E-state index contributed by atoms with van der Waals surface area (Å²) in [6.07, 6.45) is 3.74. The molecule has 0 aromatic heterocycles. The first kappa shape index (κ1) is 9.97. The Labute approximate surface area is 96.0 Å². The van der Waals surface area contributed by atoms with E-state index in [4.69, 9.17) is 10.5 Å². The zero-order chi connectivity index (χ0) is 11.0. The second-order valence-corrected chi connectivity index (χ2v) is 4.78. The average molecular weight is 218 g/mol. The van der Waals surface area contributed by atoms with E-state index < -0.39 is 0 Å². The minimum Gasteiger partial charge on any atom is -0.493 e. The molecule has 3 nitrogen and oxygen atoms in total. The van der Waals surface area contributed by atoms with E-state index in [0.717, 1.165) is 37.1 Å². The first-order valence-corrected chi connectivity index (χ1v) is 6.09. The van der Waals surface area contributed by atoms with Crippen molar-refractivity contribution in [2.45, 2.75) is 31.2 Å². The second kappa shape index (κ2) is 3.98. The summed E-state index contributed by atoms with van der Waals surface area (Å²) in [7, 11) is 0. The highest BCUT2D eigenvalue weighted by Gasteiger charge is 2.26. The molecule has 0 saturated heterocycles. The molecule has 0 radical (unpaired) electrons. The van der Waals surface area contributed by atoms with Gasteiger partial charge >= 0.3 is 0 Å². The largest absolute Gasteiger partial charge is 0.493 e. The van der Waals surface area contributed by atoms with Gasteiger partial charge in [0.05, 0.1) is 6.61 Å². The van der Waals surface area contributed by atoms with Crippen molar-refractivity contribution < 1.29 is 4.74 Å². The number of ether oxygens (including phenoxy) is 1. The molecule has 0 spiro atoms. The number of nitrogens with two attached hydrogens (primary N) is 1. The van der Waals surface area contributed by atoms with Crippen LogP contribution >= 0.6 is 0 Å². The third-order valence-electron chi connectivity index (χ3n) is 3.46. The molecule has 1 unspecified atom stereocenters. The summed E-state index contributed by atoms with van der Waals surface area (Å²) in [4.78, 5) is 0. The number of benzene rings is 1. The van der Waals surface area contributed by atoms with Crippen LogP contribution in [0.2, 0.25) is 0 Å². The van der Waals surface area contributed by atoms with Crippen molar-refractivity contribution in [2.24, 2.45) is 0 Å². The first-order chi connectivity index (χ1) is 7.84. The van der Waals surface area contributed by atoms with Crippen LogP contribution in [0.5, 0.6) is 5.75 Å². The van der Waals surface area contributed by atoms with Crippen molar-refractivity contribution in [2.75, 3.05) is 18.9 Å². The molecule has 2 aliphatic rings. The quantitative estimate of drug-likeness (QED) is 0.762. The summed E-state index contributed by atoms with van der Waals surface area (Å²) >= 11 is 0. The molecule has 1 heterocycles. The van der Waals surface area contributed by atoms with E-state index in [0.29, 0.717) is 5.92 Å². The molecule has 0 amide bonds. The van der Waals surface area contributed by atoms with E-state index in [1.165, 1.54) is 18.4 Å². The van der Waals surface area contributed by atoms with Gasteiger partial charge < -0.3 is 15.8 Å². The monoisotopic (exact) mass is 218 g/mol. The summed E-state index contributed by atoms with van der Waals surface area (Å²) in [6.45, 7) is 1.85. The molecule has 1 fully saturated rings. The lowest BCUT2D eigenvalue weighted by atomic mass is 9.91. The van der Waals surface area contributed by atoms with Gasteiger partial charge in [0.15, 0.2) is 0 Å². The van der Waals surface area contributed by atoms with Gasteiger partial charge in [0.2, 0.25) is 0 Å². The van der Waals surface area contributed by atoms with Crippen LogP contribution in [0.4, 0.5) is 5.69 Å². The maximum absolute atomic E-state index is 6.05. The van der Waals surface area contributed by atoms with Crippen LogP contribution in [-0.4, -0.2) is 19.2 Å². The fraction of sp³-hybridized carbons (Fsp3) is 0.538. The van der Waals surface area contributed by atoms with Crippen molar-refractivity contribution in [1.29, 1.82) is 0 Å². The number of hydrogen-bond acceptors (Lipinski definition) is 3. The maximum atomic E-state index is 6.05. The molecule has 3 heteroatoms. The fourth-order valence-corrected chi connectivity index (χ4v) is 2.38. The number of hydrogen-bond donors (Lipinski definition) is 2. The lowest BCUT2D eigenvalue weighted by Gasteiger charge is -2.27. The number of nitrogen functional groups attached to an aromatic ring is 1. The summed E-state index contributed by atoms with van der Waals surface area (Å²) < 4.78 is 5.65. The van der Waals surface area contributed by atoms with Gasteiger partial charge in [-0.1, -0.05) is 6.07 Å². The van der Waals surface area contributed by atoms with Crippen LogP contribution in [0.15, 0.2) is 18.2 Å². The fourth-order valence-electron chi connectivity index (χ4n) is 2.38. The van der Waals surface area contributed by atoms with Gasteiger partial charge in [-0.25, -0.2) is 0 Å². The van der Waals surface area contributed by atoms with Crippen LogP contribution in [0.3, 0.4) is 0 Å². The molecule has 1 aliphatic carbocycles. The molecule has 0 bridgehead atoms. The SMILES string of the molecule is Nc1cccc2c1C(CNC1CC1)CCO2. The summed E-state index contributed by atoms with van der Waals surface area (Å²) in [5, 5.41) is 3.58. The van der Waals surface area contributed by atoms with Gasteiger partial charge in [-0.05, 0) is 31.4 Å². The Bertz CT molecular complexity index is 388. The normalized spacial score (nSPS) is 23.6. The number of rotatable bonds is 3. The zero-order valence-corrected chi connectivity index (χ0v) is 9.41. The van der Waals surface area contributed by atoms with Crippen molar-refractivity contribution in [3.8, 4) is 5.75 Å². The predicted molar refractivity (Wildman–Crippen MR) is 64.7 cm³/mol. The Kier molecular flexibility index (Phi) is 2.48. The summed E-state index contributed by atoms with van der Waals surface area (Å²) in [6, 6.07) is 6.72. The lowest BCUT2D eigenvalue weighted by Crippen LogP contribution is -2.27. The molecule has 1 aromatic rings. The summed E-state index contributed by atoms with van der Waals surface area (Å²) in [5.74, 6) is 1.50. The molecule has 1 atom stereocenters. The van der Waals surface area contributed by atoms with E-state index in [1.54, 1.807) is 0 Å². The van der Waals surface area contributed by atoms with Crippen LogP contribution in [0.1, 0.15) is 30.7 Å². The first-order valence-electron chi connectivity index (χ1n) is 6.09. The Balaban J connectivity index is 1.80. The molecule has 3 rings (SSSR count). The van der Waals surface area contributed by atoms with E-state index >= 15 is 0 Å². The predicted octanol–water partition coefficient (Wildman–Crippen LogP) is 1.89. The minimum atomic E-state index is 0.519. The Morgan fingerprint density at radius 1 is 1.31 bits per heavy atom. The van der Waals surface area contributed by atoms with Crippen LogP contribution in [-0.2, 0) is 0 Å². The standard InChI is InChI=1S/C13H18N2O/c14-11-2-1-3-12-13(11)9(6-7-16-12)8-15-10-4-5-10/h1-3,9-10,15H,4-8,14H2. The van der Waals surface area contributed by atoms with Crippen LogP contribution in [0, 0.1) is 0 Å². The molecular formula is C13H18N2O. The van der Waals surface area contributed by atoms with E-state index in [-0.39, 0.29) is 0 Å². The van der Waals surface area contributed by atoms with Gasteiger partial charge in [-0.3, -0.25) is 0 Å². The van der Waals surface area contributed by atoms with Crippen molar-refractivity contribution in [3.63, 3.8) is 0 Å². The number of anilines is 1. The molecule has 86 valence electrons. The Morgan fingerprint density at radius 3 is 3.00 bits per heavy atom. The maximum Gasteiger partial charge on any atom is 0.124 e. The molecular weight excluding hydrogens is 200 g/mol. The molecule has 1 aliphatic heterocycles. The highest BCUT2D eigenvalue weighted by molar-refractivity contribution is 5.57.